The monoisotopic (exact) mass is 432 g/mol. The molecule has 0 N–H and O–H groups in total. The van der Waals surface area contributed by atoms with E-state index in [4.69, 9.17) is 0 Å². The van der Waals surface area contributed by atoms with Crippen LogP contribution in [0.1, 0.15) is 87.8 Å². The molecule has 0 amide bonds. The van der Waals surface area contributed by atoms with E-state index in [0.29, 0.717) is 5.92 Å². The van der Waals surface area contributed by atoms with E-state index >= 15 is 0 Å². The maximum atomic E-state index is 2.35. The molecule has 1 aromatic carbocycles. The van der Waals surface area contributed by atoms with Gasteiger partial charge in [0.25, 0.3) is 0 Å². The van der Waals surface area contributed by atoms with Crippen molar-refractivity contribution in [2.75, 3.05) is 0 Å². The highest BCUT2D eigenvalue weighted by atomic mass is 14.4. The molecule has 0 saturated heterocycles. The number of hydrogen-bond donors (Lipinski definition) is 0. The number of fused-ring (bicyclic) bond motifs is 2. The van der Waals surface area contributed by atoms with Gasteiger partial charge in [0.2, 0.25) is 0 Å². The molecule has 0 fully saturated rings. The first-order valence-electron chi connectivity index (χ1n) is 11.5. The van der Waals surface area contributed by atoms with Crippen LogP contribution >= 0.6 is 0 Å². The van der Waals surface area contributed by atoms with Crippen molar-refractivity contribution in [3.63, 3.8) is 0 Å². The molecule has 176 valence electrons. The van der Waals surface area contributed by atoms with Crippen molar-refractivity contribution in [2.24, 2.45) is 11.3 Å². The normalized spacial score (nSPS) is 26.5. The lowest BCUT2D eigenvalue weighted by molar-refractivity contribution is 0.624. The Bertz CT molecular complexity index is 907. The highest BCUT2D eigenvalue weighted by molar-refractivity contribution is 5.87. The highest BCUT2D eigenvalue weighted by Gasteiger charge is 2.35. The van der Waals surface area contributed by atoms with E-state index in [1.54, 1.807) is 0 Å². The fourth-order valence-corrected chi connectivity index (χ4v) is 4.05. The van der Waals surface area contributed by atoms with Crippen molar-refractivity contribution in [2.45, 2.75) is 82.1 Å². The van der Waals surface area contributed by atoms with Gasteiger partial charge in [-0.25, -0.2) is 0 Å². The first-order chi connectivity index (χ1) is 14.2. The third-order valence-corrected chi connectivity index (χ3v) is 6.11. The molecule has 3 rings (SSSR count). The van der Waals surface area contributed by atoms with Gasteiger partial charge in [0.05, 0.1) is 0 Å². The Kier molecular flexibility index (Phi) is 11.7. The van der Waals surface area contributed by atoms with E-state index < -0.39 is 0 Å². The van der Waals surface area contributed by atoms with Crippen LogP contribution in [0.2, 0.25) is 0 Å². The summed E-state index contributed by atoms with van der Waals surface area (Å²) in [6.07, 6.45) is 21.6. The third-order valence-electron chi connectivity index (χ3n) is 6.11. The van der Waals surface area contributed by atoms with Crippen LogP contribution in [0.3, 0.4) is 0 Å². The van der Waals surface area contributed by atoms with Crippen LogP contribution in [-0.4, -0.2) is 0 Å². The molecule has 0 radical (unpaired) electrons. The number of rotatable bonds is 0. The summed E-state index contributed by atoms with van der Waals surface area (Å²) >= 11 is 0. The Balaban J connectivity index is 0.00000234. The molecule has 32 heavy (non-hydrogen) atoms. The predicted octanol–water partition coefficient (Wildman–Crippen LogP) is 10.3. The van der Waals surface area contributed by atoms with Gasteiger partial charge in [-0.15, -0.1) is 0 Å². The molecule has 0 aromatic heterocycles. The van der Waals surface area contributed by atoms with Crippen LogP contribution in [0.4, 0.5) is 0 Å². The zero-order chi connectivity index (χ0) is 22.4. The molecule has 0 aliphatic heterocycles. The topological polar surface area (TPSA) is 0 Å². The van der Waals surface area contributed by atoms with Gasteiger partial charge in [-0.05, 0) is 41.5 Å². The fourth-order valence-electron chi connectivity index (χ4n) is 4.05. The van der Waals surface area contributed by atoms with Crippen molar-refractivity contribution >= 4 is 5.57 Å². The quantitative estimate of drug-likeness (QED) is 0.358. The number of benzene rings is 1. The zero-order valence-corrected chi connectivity index (χ0v) is 20.3. The highest BCUT2D eigenvalue weighted by Crippen LogP contribution is 2.47. The van der Waals surface area contributed by atoms with Crippen molar-refractivity contribution in [3.8, 4) is 0 Å². The Morgan fingerprint density at radius 1 is 0.875 bits per heavy atom. The second-order valence-electron chi connectivity index (χ2n) is 9.28. The van der Waals surface area contributed by atoms with Gasteiger partial charge < -0.3 is 0 Å². The van der Waals surface area contributed by atoms with Crippen LogP contribution in [0.15, 0.2) is 90.1 Å². The van der Waals surface area contributed by atoms with Crippen LogP contribution < -0.4 is 0 Å². The smallest absolute Gasteiger partial charge is 0.0158 e. The lowest BCUT2D eigenvalue weighted by Crippen LogP contribution is -2.16. The summed E-state index contributed by atoms with van der Waals surface area (Å²) in [7, 11) is 0. The summed E-state index contributed by atoms with van der Waals surface area (Å²) in [5, 5.41) is 0. The first-order valence-corrected chi connectivity index (χ1v) is 11.5. The minimum Gasteiger partial charge on any atom is -0.0839 e. The maximum absolute atomic E-state index is 2.35. The van der Waals surface area contributed by atoms with Gasteiger partial charge in [-0.2, -0.15) is 0 Å². The van der Waals surface area contributed by atoms with Crippen molar-refractivity contribution in [3.05, 3.63) is 101 Å². The summed E-state index contributed by atoms with van der Waals surface area (Å²) in [5.74, 6) is 0.405. The van der Waals surface area contributed by atoms with Gasteiger partial charge >= 0.3 is 0 Å². The molecule has 0 heteroatoms. The molecule has 0 saturated carbocycles. The molecule has 1 aromatic rings. The average molecular weight is 433 g/mol. The van der Waals surface area contributed by atoms with Crippen LogP contribution in [0.5, 0.6) is 0 Å². The van der Waals surface area contributed by atoms with Crippen LogP contribution in [0.25, 0.3) is 5.57 Å². The predicted molar refractivity (Wildman–Crippen MR) is 149 cm³/mol. The number of allylic oxidation sites excluding steroid dienone is 12. The summed E-state index contributed by atoms with van der Waals surface area (Å²) < 4.78 is 0. The van der Waals surface area contributed by atoms with Crippen molar-refractivity contribution < 1.29 is 0 Å². The van der Waals surface area contributed by atoms with E-state index in [1.807, 2.05) is 13.8 Å². The maximum Gasteiger partial charge on any atom is 0.0158 e. The van der Waals surface area contributed by atoms with E-state index in [2.05, 4.69) is 120 Å². The molecule has 1 unspecified atom stereocenters. The standard InChI is InChI=1S/C28H34.C2H6.2CH4/c1-21-13-12-20-27(3,4)19-11-7-8-15-26-24(18-17-22(21)2)23-14-9-10-16-25(23)28(26,5)6;1-2;;/h8-20,22H,7H2,1-6H3;1-2H3;2*1H4/b15-8-,18-17-,19-11-,20-12-,21-13+;;;. The van der Waals surface area contributed by atoms with E-state index in [0.717, 1.165) is 6.42 Å². The largest absolute Gasteiger partial charge is 0.0839 e. The Morgan fingerprint density at radius 3 is 2.22 bits per heavy atom. The molecule has 1 atom stereocenters. The summed E-state index contributed by atoms with van der Waals surface area (Å²) in [6.45, 7) is 17.7. The van der Waals surface area contributed by atoms with Crippen molar-refractivity contribution in [1.82, 2.24) is 0 Å². The second-order valence-corrected chi connectivity index (χ2v) is 9.28. The Labute approximate surface area is 200 Å². The first kappa shape index (κ1) is 29.7. The molecule has 2 aliphatic carbocycles. The van der Waals surface area contributed by atoms with Gasteiger partial charge in [0.1, 0.15) is 0 Å². The van der Waals surface area contributed by atoms with Gasteiger partial charge in [-0.3, -0.25) is 0 Å². The van der Waals surface area contributed by atoms with E-state index in [-0.39, 0.29) is 25.7 Å². The third kappa shape index (κ3) is 6.83. The summed E-state index contributed by atoms with van der Waals surface area (Å²) in [4.78, 5) is 0. The molecule has 2 aliphatic rings. The van der Waals surface area contributed by atoms with E-state index in [1.165, 1.54) is 27.8 Å². The van der Waals surface area contributed by atoms with Crippen molar-refractivity contribution in [1.29, 1.82) is 0 Å². The van der Waals surface area contributed by atoms with Gasteiger partial charge in [0.15, 0.2) is 0 Å². The molecule has 0 nitrogen and oxygen atoms in total. The second kappa shape index (κ2) is 12.6. The number of hydrogen-bond acceptors (Lipinski definition) is 0. The van der Waals surface area contributed by atoms with E-state index in [9.17, 15) is 0 Å². The van der Waals surface area contributed by atoms with Gasteiger partial charge in [-0.1, -0.05) is 148 Å². The van der Waals surface area contributed by atoms with Crippen LogP contribution in [-0.2, 0) is 5.41 Å². The zero-order valence-electron chi connectivity index (χ0n) is 20.3. The lowest BCUT2D eigenvalue weighted by Gasteiger charge is -2.22. The fraction of sp³-hybridized carbons (Fsp3) is 0.438. The average Bonchev–Trinajstić information content (AvgIpc) is 2.93. The minimum absolute atomic E-state index is 0. The molecular weight excluding hydrogens is 384 g/mol. The molecule has 0 spiro atoms. The SMILES string of the molecule is C.C.C/C1=C\C=C/C(C)(C)/C=C\C\C=C/C2=C(\C=C/C1C)c1ccccc1C2(C)C.CC. The summed E-state index contributed by atoms with van der Waals surface area (Å²) in [5.41, 5.74) is 7.06. The summed E-state index contributed by atoms with van der Waals surface area (Å²) in [6, 6.07) is 8.86. The molecule has 0 heterocycles. The van der Waals surface area contributed by atoms with Gasteiger partial charge in [0, 0.05) is 10.8 Å². The Hall–Kier alpha value is -2.34. The lowest BCUT2D eigenvalue weighted by atomic mass is 9.81. The molecule has 0 bridgehead atoms. The molecular formula is C32H48. The minimum atomic E-state index is 0. The van der Waals surface area contributed by atoms with Crippen LogP contribution in [0, 0.1) is 11.3 Å². The Morgan fingerprint density at radius 2 is 1.53 bits per heavy atom.